The van der Waals surface area contributed by atoms with Gasteiger partial charge in [-0.25, -0.2) is 5.84 Å². The first kappa shape index (κ1) is 14.5. The average molecular weight is 287 g/mol. The highest BCUT2D eigenvalue weighted by atomic mass is 16.2. The number of benzene rings is 1. The van der Waals surface area contributed by atoms with Crippen LogP contribution in [0.25, 0.3) is 0 Å². The third kappa shape index (κ3) is 3.27. The standard InChI is InChI=1S/C17H25N3O/c18-19-17(21)15-9-7-13(8-10-15)12-20-11-3-6-16(20)14-4-1-2-5-14/h7-10,14,16H,1-6,11-12,18H2,(H,19,21). The van der Waals surface area contributed by atoms with Crippen molar-refractivity contribution in [3.05, 3.63) is 35.4 Å². The van der Waals surface area contributed by atoms with Crippen LogP contribution in [0.15, 0.2) is 24.3 Å². The maximum Gasteiger partial charge on any atom is 0.265 e. The number of hydrogen-bond donors (Lipinski definition) is 2. The fourth-order valence-corrected chi connectivity index (χ4v) is 4.00. The normalized spacial score (nSPS) is 23.6. The second kappa shape index (κ2) is 6.58. The summed E-state index contributed by atoms with van der Waals surface area (Å²) in [5.74, 6) is 5.84. The van der Waals surface area contributed by atoms with Crippen LogP contribution in [0, 0.1) is 5.92 Å². The Morgan fingerprint density at radius 1 is 1.14 bits per heavy atom. The largest absolute Gasteiger partial charge is 0.296 e. The summed E-state index contributed by atoms with van der Waals surface area (Å²) in [6.07, 6.45) is 8.34. The highest BCUT2D eigenvalue weighted by Crippen LogP contribution is 2.36. The molecule has 1 heterocycles. The first-order valence-electron chi connectivity index (χ1n) is 8.12. The molecule has 114 valence electrons. The molecule has 0 spiro atoms. The van der Waals surface area contributed by atoms with Crippen molar-refractivity contribution in [2.45, 2.75) is 51.1 Å². The molecule has 21 heavy (non-hydrogen) atoms. The van der Waals surface area contributed by atoms with Crippen LogP contribution in [0.2, 0.25) is 0 Å². The Kier molecular flexibility index (Phi) is 4.56. The number of carbonyl (C=O) groups excluding carboxylic acids is 1. The number of hydrogen-bond acceptors (Lipinski definition) is 3. The minimum atomic E-state index is -0.230. The average Bonchev–Trinajstić information content (AvgIpc) is 3.18. The summed E-state index contributed by atoms with van der Waals surface area (Å²) in [6, 6.07) is 8.60. The van der Waals surface area contributed by atoms with E-state index in [1.54, 1.807) is 0 Å². The number of nitrogens with two attached hydrogens (primary N) is 1. The Bertz CT molecular complexity index is 479. The van der Waals surface area contributed by atoms with Crippen molar-refractivity contribution in [3.8, 4) is 0 Å². The molecule has 4 nitrogen and oxygen atoms in total. The topological polar surface area (TPSA) is 58.4 Å². The van der Waals surface area contributed by atoms with Crippen LogP contribution >= 0.6 is 0 Å². The zero-order chi connectivity index (χ0) is 14.7. The predicted molar refractivity (Wildman–Crippen MR) is 83.5 cm³/mol. The fraction of sp³-hybridized carbons (Fsp3) is 0.588. The molecule has 1 amide bonds. The molecule has 2 fully saturated rings. The Morgan fingerprint density at radius 3 is 2.52 bits per heavy atom. The molecule has 0 aromatic heterocycles. The molecule has 1 saturated carbocycles. The fourth-order valence-electron chi connectivity index (χ4n) is 4.00. The van der Waals surface area contributed by atoms with Gasteiger partial charge in [0, 0.05) is 18.2 Å². The molecule has 1 aliphatic heterocycles. The highest BCUT2D eigenvalue weighted by Gasteiger charge is 2.32. The minimum Gasteiger partial charge on any atom is -0.296 e. The molecule has 3 N–H and O–H groups in total. The van der Waals surface area contributed by atoms with Crippen LogP contribution in [0.3, 0.4) is 0 Å². The van der Waals surface area contributed by atoms with E-state index in [0.29, 0.717) is 5.56 Å². The maximum absolute atomic E-state index is 11.4. The van der Waals surface area contributed by atoms with Gasteiger partial charge in [-0.1, -0.05) is 25.0 Å². The van der Waals surface area contributed by atoms with Crippen molar-refractivity contribution in [2.24, 2.45) is 11.8 Å². The van der Waals surface area contributed by atoms with Crippen molar-refractivity contribution in [1.82, 2.24) is 10.3 Å². The summed E-state index contributed by atoms with van der Waals surface area (Å²) in [5.41, 5.74) is 4.07. The van der Waals surface area contributed by atoms with Crippen molar-refractivity contribution in [1.29, 1.82) is 0 Å². The Labute approximate surface area is 126 Å². The van der Waals surface area contributed by atoms with Crippen molar-refractivity contribution in [2.75, 3.05) is 6.54 Å². The molecule has 3 rings (SSSR count). The second-order valence-electron chi connectivity index (χ2n) is 6.39. The molecule has 1 atom stereocenters. The number of amides is 1. The van der Waals surface area contributed by atoms with E-state index in [9.17, 15) is 4.79 Å². The van der Waals surface area contributed by atoms with Crippen LogP contribution in [0.5, 0.6) is 0 Å². The number of nitrogen functional groups attached to an aromatic ring is 1. The molecule has 0 bridgehead atoms. The van der Waals surface area contributed by atoms with E-state index in [1.165, 1.54) is 50.6 Å². The third-order valence-corrected chi connectivity index (χ3v) is 5.09. The molecular weight excluding hydrogens is 262 g/mol. The van der Waals surface area contributed by atoms with Crippen molar-refractivity contribution < 1.29 is 4.79 Å². The first-order chi connectivity index (χ1) is 10.3. The molecule has 1 aliphatic carbocycles. The van der Waals surface area contributed by atoms with E-state index in [1.807, 2.05) is 12.1 Å². The van der Waals surface area contributed by atoms with Crippen molar-refractivity contribution >= 4 is 5.91 Å². The van der Waals surface area contributed by atoms with E-state index in [2.05, 4.69) is 22.5 Å². The summed E-state index contributed by atoms with van der Waals surface area (Å²) in [7, 11) is 0. The van der Waals surface area contributed by atoms with Gasteiger partial charge in [-0.2, -0.15) is 0 Å². The van der Waals surface area contributed by atoms with E-state index >= 15 is 0 Å². The lowest BCUT2D eigenvalue weighted by molar-refractivity contribution is 0.0953. The molecule has 2 aliphatic rings. The smallest absolute Gasteiger partial charge is 0.265 e. The van der Waals surface area contributed by atoms with Crippen molar-refractivity contribution in [3.63, 3.8) is 0 Å². The highest BCUT2D eigenvalue weighted by molar-refractivity contribution is 5.93. The summed E-state index contributed by atoms with van der Waals surface area (Å²) < 4.78 is 0. The van der Waals surface area contributed by atoms with Gasteiger partial charge < -0.3 is 0 Å². The molecule has 1 unspecified atom stereocenters. The Hall–Kier alpha value is -1.39. The van der Waals surface area contributed by atoms with Gasteiger partial charge in [0.05, 0.1) is 0 Å². The molecule has 4 heteroatoms. The lowest BCUT2D eigenvalue weighted by Crippen LogP contribution is -2.34. The van der Waals surface area contributed by atoms with Crippen LogP contribution < -0.4 is 11.3 Å². The van der Waals surface area contributed by atoms with Crippen LogP contribution in [-0.2, 0) is 6.54 Å². The van der Waals surface area contributed by atoms with Crippen LogP contribution in [0.4, 0.5) is 0 Å². The van der Waals surface area contributed by atoms with Gasteiger partial charge in [0.15, 0.2) is 0 Å². The molecule has 1 aromatic carbocycles. The van der Waals surface area contributed by atoms with Crippen LogP contribution in [0.1, 0.15) is 54.4 Å². The SMILES string of the molecule is NNC(=O)c1ccc(CN2CCCC2C2CCCC2)cc1. The minimum absolute atomic E-state index is 0.230. The summed E-state index contributed by atoms with van der Waals surface area (Å²) in [5, 5.41) is 0. The van der Waals surface area contributed by atoms with Gasteiger partial charge in [-0.3, -0.25) is 15.1 Å². The van der Waals surface area contributed by atoms with E-state index in [-0.39, 0.29) is 5.91 Å². The summed E-state index contributed by atoms with van der Waals surface area (Å²) in [4.78, 5) is 14.1. The maximum atomic E-state index is 11.4. The lowest BCUT2D eigenvalue weighted by Gasteiger charge is -2.29. The number of carbonyl (C=O) groups is 1. The first-order valence-corrected chi connectivity index (χ1v) is 8.12. The van der Waals surface area contributed by atoms with E-state index < -0.39 is 0 Å². The van der Waals surface area contributed by atoms with Crippen LogP contribution in [-0.4, -0.2) is 23.4 Å². The third-order valence-electron chi connectivity index (χ3n) is 5.09. The number of nitrogens with zero attached hydrogens (tertiary/aromatic N) is 1. The predicted octanol–water partition coefficient (Wildman–Crippen LogP) is 2.44. The van der Waals surface area contributed by atoms with Gasteiger partial charge in [0.25, 0.3) is 5.91 Å². The second-order valence-corrected chi connectivity index (χ2v) is 6.39. The Morgan fingerprint density at radius 2 is 1.86 bits per heavy atom. The number of nitrogens with one attached hydrogen (secondary N) is 1. The molecule has 0 radical (unpaired) electrons. The van der Waals surface area contributed by atoms with Gasteiger partial charge in [-0.05, 0) is 55.8 Å². The zero-order valence-electron chi connectivity index (χ0n) is 12.6. The van der Waals surface area contributed by atoms with Gasteiger partial charge in [0.2, 0.25) is 0 Å². The zero-order valence-corrected chi connectivity index (χ0v) is 12.6. The number of hydrazine groups is 1. The van der Waals surface area contributed by atoms with E-state index in [0.717, 1.165) is 18.5 Å². The van der Waals surface area contributed by atoms with Gasteiger partial charge in [-0.15, -0.1) is 0 Å². The number of rotatable bonds is 4. The lowest BCUT2D eigenvalue weighted by atomic mass is 9.95. The van der Waals surface area contributed by atoms with Gasteiger partial charge in [0.1, 0.15) is 0 Å². The quantitative estimate of drug-likeness (QED) is 0.508. The summed E-state index contributed by atoms with van der Waals surface area (Å²) in [6.45, 7) is 2.22. The molecule has 1 aromatic rings. The Balaban J connectivity index is 1.63. The van der Waals surface area contributed by atoms with E-state index in [4.69, 9.17) is 5.84 Å². The monoisotopic (exact) mass is 287 g/mol. The summed E-state index contributed by atoms with van der Waals surface area (Å²) >= 11 is 0. The molecular formula is C17H25N3O. The number of likely N-dealkylation sites (tertiary alicyclic amines) is 1. The molecule has 1 saturated heterocycles. The van der Waals surface area contributed by atoms with Gasteiger partial charge >= 0.3 is 0 Å².